The van der Waals surface area contributed by atoms with Gasteiger partial charge in [0.05, 0.1) is 16.2 Å². The van der Waals surface area contributed by atoms with Crippen LogP contribution in [0.1, 0.15) is 25.0 Å². The molecular formula is C22H19F3N2O3S. The highest BCUT2D eigenvalue weighted by molar-refractivity contribution is 8.19. The summed E-state index contributed by atoms with van der Waals surface area (Å²) in [6.45, 7) is 4.59. The largest absolute Gasteiger partial charge is 0.486 e. The molecule has 2 aliphatic heterocycles. The van der Waals surface area contributed by atoms with Crippen molar-refractivity contribution < 1.29 is 27.4 Å². The minimum absolute atomic E-state index is 0.122. The Bertz CT molecular complexity index is 1080. The fourth-order valence-corrected chi connectivity index (χ4v) is 4.24. The van der Waals surface area contributed by atoms with E-state index in [0.717, 1.165) is 29.5 Å². The van der Waals surface area contributed by atoms with Crippen LogP contribution in [0.4, 0.5) is 18.9 Å². The lowest BCUT2D eigenvalue weighted by Crippen LogP contribution is -2.29. The van der Waals surface area contributed by atoms with Gasteiger partial charge in [0.2, 0.25) is 0 Å². The molecule has 9 heteroatoms. The van der Waals surface area contributed by atoms with Gasteiger partial charge < -0.3 is 9.47 Å². The summed E-state index contributed by atoms with van der Waals surface area (Å²) >= 11 is 1.13. The SMILES string of the molecule is CC(C)N=C1S/C(=C\c2ccc3c(c2)OCCO3)C(=O)N1c1cccc(C(F)(F)F)c1. The number of amides is 1. The van der Waals surface area contributed by atoms with Crippen molar-refractivity contribution in [2.75, 3.05) is 18.1 Å². The van der Waals surface area contributed by atoms with Crippen LogP contribution < -0.4 is 14.4 Å². The maximum Gasteiger partial charge on any atom is 0.416 e. The molecule has 2 aromatic rings. The number of carbonyl (C=O) groups is 1. The number of anilines is 1. The van der Waals surface area contributed by atoms with Crippen LogP contribution in [0, 0.1) is 0 Å². The molecule has 2 aromatic carbocycles. The summed E-state index contributed by atoms with van der Waals surface area (Å²) in [7, 11) is 0. The Morgan fingerprint density at radius 1 is 1.10 bits per heavy atom. The Kier molecular flexibility index (Phi) is 5.70. The summed E-state index contributed by atoms with van der Waals surface area (Å²) in [4.78, 5) is 19.2. The number of benzene rings is 2. The minimum Gasteiger partial charge on any atom is -0.486 e. The second kappa shape index (κ2) is 8.30. The highest BCUT2D eigenvalue weighted by atomic mass is 32.2. The van der Waals surface area contributed by atoms with E-state index < -0.39 is 17.6 Å². The van der Waals surface area contributed by atoms with Crippen LogP contribution in [0.25, 0.3) is 6.08 Å². The lowest BCUT2D eigenvalue weighted by molar-refractivity contribution is -0.137. The molecule has 5 nitrogen and oxygen atoms in total. The molecule has 0 radical (unpaired) electrons. The van der Waals surface area contributed by atoms with E-state index >= 15 is 0 Å². The maximum atomic E-state index is 13.2. The van der Waals surface area contributed by atoms with E-state index in [1.54, 1.807) is 24.3 Å². The van der Waals surface area contributed by atoms with E-state index in [2.05, 4.69) is 4.99 Å². The molecule has 0 spiro atoms. The molecule has 1 fully saturated rings. The molecule has 0 N–H and O–H groups in total. The summed E-state index contributed by atoms with van der Waals surface area (Å²) in [5.74, 6) is 0.784. The van der Waals surface area contributed by atoms with E-state index in [0.29, 0.717) is 34.8 Å². The third kappa shape index (κ3) is 4.56. The van der Waals surface area contributed by atoms with E-state index in [1.807, 2.05) is 13.8 Å². The Balaban J connectivity index is 1.72. The number of nitrogens with zero attached hydrogens (tertiary/aromatic N) is 2. The highest BCUT2D eigenvalue weighted by Gasteiger charge is 2.37. The predicted molar refractivity (Wildman–Crippen MR) is 115 cm³/mol. The Morgan fingerprint density at radius 3 is 2.55 bits per heavy atom. The number of thioether (sulfide) groups is 1. The van der Waals surface area contributed by atoms with Crippen LogP contribution in [-0.2, 0) is 11.0 Å². The number of aliphatic imine (C=N–C) groups is 1. The van der Waals surface area contributed by atoms with Gasteiger partial charge in [-0.2, -0.15) is 13.2 Å². The summed E-state index contributed by atoms with van der Waals surface area (Å²) in [6.07, 6.45) is -2.83. The Morgan fingerprint density at radius 2 is 1.84 bits per heavy atom. The van der Waals surface area contributed by atoms with Gasteiger partial charge in [0.1, 0.15) is 13.2 Å². The van der Waals surface area contributed by atoms with E-state index in [4.69, 9.17) is 9.47 Å². The smallest absolute Gasteiger partial charge is 0.416 e. The van der Waals surface area contributed by atoms with E-state index in [1.165, 1.54) is 17.0 Å². The monoisotopic (exact) mass is 448 g/mol. The number of halogens is 3. The van der Waals surface area contributed by atoms with Gasteiger partial charge in [-0.15, -0.1) is 0 Å². The zero-order valence-electron chi connectivity index (χ0n) is 16.8. The number of rotatable bonds is 3. The van der Waals surface area contributed by atoms with Crippen molar-refractivity contribution in [2.45, 2.75) is 26.1 Å². The van der Waals surface area contributed by atoms with Gasteiger partial charge in [-0.1, -0.05) is 12.1 Å². The standard InChI is InChI=1S/C22H19F3N2O3S/c1-13(2)26-21-27(16-5-3-4-15(12-16)22(23,24)25)20(28)19(31-21)11-14-6-7-17-18(10-14)30-9-8-29-17/h3-7,10-13H,8-9H2,1-2H3/b19-11-,26-21?. The number of hydrogen-bond donors (Lipinski definition) is 0. The minimum atomic E-state index is -4.51. The first-order chi connectivity index (χ1) is 14.7. The first-order valence-electron chi connectivity index (χ1n) is 9.61. The molecule has 1 saturated heterocycles. The first-order valence-corrected chi connectivity index (χ1v) is 10.4. The molecule has 4 rings (SSSR count). The second-order valence-electron chi connectivity index (χ2n) is 7.21. The van der Waals surface area contributed by atoms with Crippen molar-refractivity contribution in [3.05, 3.63) is 58.5 Å². The summed E-state index contributed by atoms with van der Waals surface area (Å²) in [5, 5.41) is 0.336. The average molecular weight is 448 g/mol. The number of ether oxygens (including phenoxy) is 2. The van der Waals surface area contributed by atoms with Crippen LogP contribution in [0.5, 0.6) is 11.5 Å². The average Bonchev–Trinajstić information content (AvgIpc) is 3.01. The topological polar surface area (TPSA) is 51.1 Å². The molecule has 2 heterocycles. The molecule has 0 aromatic heterocycles. The molecule has 2 aliphatic rings. The van der Waals surface area contributed by atoms with Crippen molar-refractivity contribution in [2.24, 2.45) is 4.99 Å². The van der Waals surface area contributed by atoms with Gasteiger partial charge in [-0.05, 0) is 67.6 Å². The van der Waals surface area contributed by atoms with Gasteiger partial charge in [0, 0.05) is 6.04 Å². The molecule has 0 aliphatic carbocycles. The van der Waals surface area contributed by atoms with E-state index in [9.17, 15) is 18.0 Å². The molecule has 31 heavy (non-hydrogen) atoms. The molecule has 0 unspecified atom stereocenters. The van der Waals surface area contributed by atoms with Gasteiger partial charge in [-0.25, -0.2) is 0 Å². The highest BCUT2D eigenvalue weighted by Crippen LogP contribution is 2.39. The van der Waals surface area contributed by atoms with Crippen molar-refractivity contribution in [3.8, 4) is 11.5 Å². The summed E-state index contributed by atoms with van der Waals surface area (Å²) < 4.78 is 50.7. The fraction of sp³-hybridized carbons (Fsp3) is 0.273. The summed E-state index contributed by atoms with van der Waals surface area (Å²) in [5.41, 5.74) is 0.0168. The van der Waals surface area contributed by atoms with Gasteiger partial charge in [0.15, 0.2) is 16.7 Å². The third-order valence-electron chi connectivity index (χ3n) is 4.47. The molecule has 0 bridgehead atoms. The normalized spacial score (nSPS) is 19.0. The zero-order valence-corrected chi connectivity index (χ0v) is 17.6. The molecule has 162 valence electrons. The van der Waals surface area contributed by atoms with Gasteiger partial charge >= 0.3 is 6.18 Å². The molecular weight excluding hydrogens is 429 g/mol. The Labute approximate surface area is 181 Å². The number of hydrogen-bond acceptors (Lipinski definition) is 5. The Hall–Kier alpha value is -2.94. The van der Waals surface area contributed by atoms with Crippen LogP contribution in [0.3, 0.4) is 0 Å². The molecule has 0 atom stereocenters. The molecule has 1 amide bonds. The van der Waals surface area contributed by atoms with Crippen LogP contribution in [0.15, 0.2) is 52.4 Å². The van der Waals surface area contributed by atoms with Crippen LogP contribution >= 0.6 is 11.8 Å². The number of fused-ring (bicyclic) bond motifs is 1. The first kappa shape index (κ1) is 21.3. The van der Waals surface area contributed by atoms with Crippen molar-refractivity contribution in [1.82, 2.24) is 0 Å². The molecule has 0 saturated carbocycles. The van der Waals surface area contributed by atoms with E-state index in [-0.39, 0.29) is 11.7 Å². The number of carbonyl (C=O) groups excluding carboxylic acids is 1. The number of alkyl halides is 3. The quantitative estimate of drug-likeness (QED) is 0.593. The zero-order chi connectivity index (χ0) is 22.2. The van der Waals surface area contributed by atoms with Crippen LogP contribution in [-0.4, -0.2) is 30.3 Å². The predicted octanol–water partition coefficient (Wildman–Crippen LogP) is 5.36. The van der Waals surface area contributed by atoms with Gasteiger partial charge in [0.25, 0.3) is 5.91 Å². The van der Waals surface area contributed by atoms with Crippen molar-refractivity contribution in [3.63, 3.8) is 0 Å². The van der Waals surface area contributed by atoms with Crippen LogP contribution in [0.2, 0.25) is 0 Å². The lowest BCUT2D eigenvalue weighted by atomic mass is 10.1. The summed E-state index contributed by atoms with van der Waals surface area (Å²) in [6, 6.07) is 9.87. The second-order valence-corrected chi connectivity index (χ2v) is 8.22. The third-order valence-corrected chi connectivity index (χ3v) is 5.45. The number of amidine groups is 1. The van der Waals surface area contributed by atoms with Gasteiger partial charge in [-0.3, -0.25) is 14.7 Å². The van der Waals surface area contributed by atoms with Crippen molar-refractivity contribution in [1.29, 1.82) is 0 Å². The maximum absolute atomic E-state index is 13.2. The lowest BCUT2D eigenvalue weighted by Gasteiger charge is -2.18. The fourth-order valence-electron chi connectivity index (χ4n) is 3.13. The van der Waals surface area contributed by atoms with Crippen molar-refractivity contribution >= 4 is 34.6 Å².